The van der Waals surface area contributed by atoms with Crippen LogP contribution in [0.15, 0.2) is 28.7 Å². The lowest BCUT2D eigenvalue weighted by Crippen LogP contribution is -2.49. The second-order valence-electron chi connectivity index (χ2n) is 6.30. The van der Waals surface area contributed by atoms with E-state index in [2.05, 4.69) is 21.2 Å². The fourth-order valence-corrected chi connectivity index (χ4v) is 3.82. The first kappa shape index (κ1) is 16.5. The largest absolute Gasteiger partial charge is 0.341 e. The third kappa shape index (κ3) is 3.58. The molecule has 1 aromatic rings. The number of nitrogens with zero attached hydrogens (tertiary/aromatic N) is 2. The SMILES string of the molecule is CNC1CCCN(C(=O)C2CC(=O)N(c3cccc(Br)c3)C2)C1. The molecule has 23 heavy (non-hydrogen) atoms. The van der Waals surface area contributed by atoms with Crippen LogP contribution in [0, 0.1) is 5.92 Å². The standard InChI is InChI=1S/C17H22BrN3O2/c1-19-14-5-3-7-20(11-14)17(23)12-8-16(22)21(10-12)15-6-2-4-13(18)9-15/h2,4,6,9,12,14,19H,3,5,7-8,10-11H2,1H3. The molecule has 2 saturated heterocycles. The van der Waals surface area contributed by atoms with Crippen molar-refractivity contribution in [3.8, 4) is 0 Å². The maximum absolute atomic E-state index is 12.8. The summed E-state index contributed by atoms with van der Waals surface area (Å²) in [6.07, 6.45) is 2.44. The van der Waals surface area contributed by atoms with Crippen molar-refractivity contribution in [3.05, 3.63) is 28.7 Å². The van der Waals surface area contributed by atoms with Crippen LogP contribution >= 0.6 is 15.9 Å². The highest BCUT2D eigenvalue weighted by atomic mass is 79.9. The Morgan fingerprint density at radius 3 is 2.91 bits per heavy atom. The Bertz CT molecular complexity index is 607. The first-order valence-electron chi connectivity index (χ1n) is 8.10. The number of rotatable bonds is 3. The van der Waals surface area contributed by atoms with Crippen LogP contribution in [0.3, 0.4) is 0 Å². The zero-order chi connectivity index (χ0) is 16.4. The van der Waals surface area contributed by atoms with Crippen LogP contribution in [-0.2, 0) is 9.59 Å². The van der Waals surface area contributed by atoms with Crippen molar-refractivity contribution in [1.29, 1.82) is 0 Å². The number of nitrogens with one attached hydrogen (secondary N) is 1. The van der Waals surface area contributed by atoms with E-state index in [4.69, 9.17) is 0 Å². The average Bonchev–Trinajstić information content (AvgIpc) is 2.96. The van der Waals surface area contributed by atoms with Gasteiger partial charge in [-0.05, 0) is 38.1 Å². The molecule has 0 aromatic heterocycles. The Morgan fingerprint density at radius 1 is 1.35 bits per heavy atom. The summed E-state index contributed by atoms with van der Waals surface area (Å²) in [4.78, 5) is 28.7. The van der Waals surface area contributed by atoms with E-state index in [1.165, 1.54) is 0 Å². The van der Waals surface area contributed by atoms with Crippen LogP contribution < -0.4 is 10.2 Å². The van der Waals surface area contributed by atoms with Crippen molar-refractivity contribution in [2.24, 2.45) is 5.92 Å². The second-order valence-corrected chi connectivity index (χ2v) is 7.21. The molecule has 0 spiro atoms. The minimum absolute atomic E-state index is 0.0311. The summed E-state index contributed by atoms with van der Waals surface area (Å²) in [6.45, 7) is 2.03. The van der Waals surface area contributed by atoms with Crippen LogP contribution in [0.1, 0.15) is 19.3 Å². The number of carbonyl (C=O) groups excluding carboxylic acids is 2. The number of amides is 2. The summed E-state index contributed by atoms with van der Waals surface area (Å²) >= 11 is 3.43. The summed E-state index contributed by atoms with van der Waals surface area (Å²) in [5, 5.41) is 3.25. The third-order valence-corrected chi connectivity index (χ3v) is 5.23. The van der Waals surface area contributed by atoms with E-state index in [0.29, 0.717) is 19.0 Å². The normalized spacial score (nSPS) is 25.0. The van der Waals surface area contributed by atoms with Gasteiger partial charge in [0.05, 0.1) is 5.92 Å². The highest BCUT2D eigenvalue weighted by Crippen LogP contribution is 2.28. The van der Waals surface area contributed by atoms with Crippen LogP contribution in [-0.4, -0.2) is 49.4 Å². The fourth-order valence-electron chi connectivity index (χ4n) is 3.44. The molecule has 1 aromatic carbocycles. The van der Waals surface area contributed by atoms with E-state index in [0.717, 1.165) is 36.1 Å². The highest BCUT2D eigenvalue weighted by Gasteiger charge is 2.38. The van der Waals surface area contributed by atoms with Crippen LogP contribution in [0.25, 0.3) is 0 Å². The van der Waals surface area contributed by atoms with Gasteiger partial charge in [-0.25, -0.2) is 0 Å². The second kappa shape index (κ2) is 7.01. The summed E-state index contributed by atoms with van der Waals surface area (Å²) < 4.78 is 0.936. The molecule has 0 radical (unpaired) electrons. The lowest BCUT2D eigenvalue weighted by molar-refractivity contribution is -0.137. The van der Waals surface area contributed by atoms with Crippen molar-refractivity contribution in [2.75, 3.05) is 31.6 Å². The zero-order valence-electron chi connectivity index (χ0n) is 13.3. The molecule has 0 saturated carbocycles. The molecule has 2 unspecified atom stereocenters. The van der Waals surface area contributed by atoms with Crippen molar-refractivity contribution in [1.82, 2.24) is 10.2 Å². The monoisotopic (exact) mass is 379 g/mol. The van der Waals surface area contributed by atoms with Gasteiger partial charge in [0.25, 0.3) is 0 Å². The van der Waals surface area contributed by atoms with Gasteiger partial charge in [0.2, 0.25) is 11.8 Å². The van der Waals surface area contributed by atoms with Crippen molar-refractivity contribution < 1.29 is 9.59 Å². The van der Waals surface area contributed by atoms with Gasteiger partial charge in [-0.1, -0.05) is 22.0 Å². The Balaban J connectivity index is 1.68. The molecular weight excluding hydrogens is 358 g/mol. The van der Waals surface area contributed by atoms with E-state index < -0.39 is 0 Å². The van der Waals surface area contributed by atoms with E-state index in [1.54, 1.807) is 4.90 Å². The Hall–Kier alpha value is -1.40. The molecule has 2 heterocycles. The zero-order valence-corrected chi connectivity index (χ0v) is 14.9. The van der Waals surface area contributed by atoms with Gasteiger partial charge in [-0.3, -0.25) is 9.59 Å². The lowest BCUT2D eigenvalue weighted by Gasteiger charge is -2.34. The number of likely N-dealkylation sites (N-methyl/N-ethyl adjacent to an activating group) is 1. The molecule has 2 amide bonds. The number of likely N-dealkylation sites (tertiary alicyclic amines) is 1. The summed E-state index contributed by atoms with van der Waals surface area (Å²) in [5.41, 5.74) is 0.853. The maximum Gasteiger partial charge on any atom is 0.228 e. The first-order chi connectivity index (χ1) is 11.1. The molecule has 2 fully saturated rings. The lowest BCUT2D eigenvalue weighted by atomic mass is 10.0. The Morgan fingerprint density at radius 2 is 2.17 bits per heavy atom. The van der Waals surface area contributed by atoms with Crippen LogP contribution in [0.4, 0.5) is 5.69 Å². The molecule has 5 nitrogen and oxygen atoms in total. The predicted octanol–water partition coefficient (Wildman–Crippen LogP) is 2.01. The molecule has 0 aliphatic carbocycles. The van der Waals surface area contributed by atoms with E-state index in [9.17, 15) is 9.59 Å². The summed E-state index contributed by atoms with van der Waals surface area (Å²) in [5.74, 6) is -0.0727. The van der Waals surface area contributed by atoms with Gasteiger partial charge in [-0.2, -0.15) is 0 Å². The average molecular weight is 380 g/mol. The van der Waals surface area contributed by atoms with Gasteiger partial charge in [0.1, 0.15) is 0 Å². The summed E-state index contributed by atoms with van der Waals surface area (Å²) in [7, 11) is 1.94. The van der Waals surface area contributed by atoms with Gasteiger partial charge >= 0.3 is 0 Å². The van der Waals surface area contributed by atoms with Gasteiger partial charge in [0, 0.05) is 42.3 Å². The Kier molecular flexibility index (Phi) is 5.02. The number of hydrogen-bond donors (Lipinski definition) is 1. The number of halogens is 1. The number of carbonyl (C=O) groups is 2. The van der Waals surface area contributed by atoms with E-state index in [-0.39, 0.29) is 17.7 Å². The summed E-state index contributed by atoms with van der Waals surface area (Å²) in [6, 6.07) is 8.03. The minimum Gasteiger partial charge on any atom is -0.341 e. The van der Waals surface area contributed by atoms with Crippen molar-refractivity contribution >= 4 is 33.4 Å². The van der Waals surface area contributed by atoms with Crippen LogP contribution in [0.5, 0.6) is 0 Å². The number of benzene rings is 1. The quantitative estimate of drug-likeness (QED) is 0.873. The topological polar surface area (TPSA) is 52.7 Å². The van der Waals surface area contributed by atoms with Crippen molar-refractivity contribution in [2.45, 2.75) is 25.3 Å². The molecule has 0 bridgehead atoms. The highest BCUT2D eigenvalue weighted by molar-refractivity contribution is 9.10. The molecular formula is C17H22BrN3O2. The molecule has 1 N–H and O–H groups in total. The van der Waals surface area contributed by atoms with E-state index in [1.807, 2.05) is 36.2 Å². The molecule has 6 heteroatoms. The maximum atomic E-state index is 12.8. The van der Waals surface area contributed by atoms with Crippen LogP contribution in [0.2, 0.25) is 0 Å². The molecule has 124 valence electrons. The molecule has 3 rings (SSSR count). The van der Waals surface area contributed by atoms with Gasteiger partial charge in [0.15, 0.2) is 0 Å². The molecule has 2 aliphatic heterocycles. The van der Waals surface area contributed by atoms with Gasteiger partial charge < -0.3 is 15.1 Å². The molecule has 2 aliphatic rings. The third-order valence-electron chi connectivity index (χ3n) is 4.74. The van der Waals surface area contributed by atoms with Crippen molar-refractivity contribution in [3.63, 3.8) is 0 Å². The number of piperidine rings is 1. The smallest absolute Gasteiger partial charge is 0.228 e. The number of anilines is 1. The fraction of sp³-hybridized carbons (Fsp3) is 0.529. The number of hydrogen-bond acceptors (Lipinski definition) is 3. The first-order valence-corrected chi connectivity index (χ1v) is 8.89. The van der Waals surface area contributed by atoms with E-state index >= 15 is 0 Å². The van der Waals surface area contributed by atoms with Gasteiger partial charge in [-0.15, -0.1) is 0 Å². The molecule has 2 atom stereocenters. The Labute approximate surface area is 145 Å². The minimum atomic E-state index is -0.225. The predicted molar refractivity (Wildman–Crippen MR) is 93.3 cm³/mol.